The predicted molar refractivity (Wildman–Crippen MR) is 78.9 cm³/mol. The van der Waals surface area contributed by atoms with Crippen molar-refractivity contribution in [1.29, 1.82) is 0 Å². The monoisotopic (exact) mass is 307 g/mol. The van der Waals surface area contributed by atoms with Gasteiger partial charge in [-0.15, -0.1) is 0 Å². The summed E-state index contributed by atoms with van der Waals surface area (Å²) in [5.74, 6) is 1.44. The van der Waals surface area contributed by atoms with Crippen molar-refractivity contribution in [3.63, 3.8) is 0 Å². The molecule has 0 aromatic heterocycles. The number of hydrogen-bond acceptors (Lipinski definition) is 3. The quantitative estimate of drug-likeness (QED) is 0.866. The van der Waals surface area contributed by atoms with Crippen molar-refractivity contribution in [2.45, 2.75) is 31.7 Å². The third-order valence-electron chi connectivity index (χ3n) is 4.15. The van der Waals surface area contributed by atoms with Gasteiger partial charge in [-0.25, -0.2) is 0 Å². The topological polar surface area (TPSA) is 41.6 Å². The molecule has 2 N–H and O–H groups in total. The Labute approximate surface area is 116 Å². The number of guanidine groups is 1. The van der Waals surface area contributed by atoms with Gasteiger partial charge in [-0.05, 0) is 49.4 Å². The van der Waals surface area contributed by atoms with Crippen LogP contribution >= 0.6 is 15.9 Å². The van der Waals surface area contributed by atoms with Crippen LogP contribution in [-0.2, 0) is 0 Å². The minimum Gasteiger partial charge on any atom is -0.369 e. The minimum atomic E-state index is 0.136. The molecule has 4 heteroatoms. The van der Waals surface area contributed by atoms with Gasteiger partial charge in [0.15, 0.2) is 5.96 Å². The lowest BCUT2D eigenvalue weighted by Gasteiger charge is -2.36. The highest BCUT2D eigenvalue weighted by Gasteiger charge is 2.47. The Morgan fingerprint density at radius 1 is 1.39 bits per heavy atom. The zero-order valence-corrected chi connectivity index (χ0v) is 12.2. The summed E-state index contributed by atoms with van der Waals surface area (Å²) in [5, 5.41) is 0. The van der Waals surface area contributed by atoms with Crippen LogP contribution in [-0.4, -0.2) is 18.0 Å². The number of rotatable bonds is 1. The average Bonchev–Trinajstić information content (AvgIpc) is 2.86. The maximum Gasteiger partial charge on any atom is 0.196 e. The third-order valence-corrected chi connectivity index (χ3v) is 4.68. The Bertz CT molecular complexity index is 482. The Balaban J connectivity index is 1.97. The Morgan fingerprint density at radius 3 is 2.72 bits per heavy atom. The molecule has 0 saturated heterocycles. The number of aliphatic imine (C=N–C) groups is 1. The van der Waals surface area contributed by atoms with E-state index >= 15 is 0 Å². The molecule has 1 aliphatic carbocycles. The summed E-state index contributed by atoms with van der Waals surface area (Å²) in [5.41, 5.74) is 7.41. The summed E-state index contributed by atoms with van der Waals surface area (Å²) in [6, 6.07) is 8.35. The molecule has 2 atom stereocenters. The van der Waals surface area contributed by atoms with Crippen molar-refractivity contribution in [2.24, 2.45) is 16.6 Å². The summed E-state index contributed by atoms with van der Waals surface area (Å²) in [6.07, 6.45) is 3.65. The van der Waals surface area contributed by atoms with Crippen molar-refractivity contribution >= 4 is 27.6 Å². The molecule has 0 radical (unpaired) electrons. The molecule has 1 fully saturated rings. The Morgan fingerprint density at radius 2 is 2.11 bits per heavy atom. The molecule has 3 rings (SSSR count). The number of nitrogens with zero attached hydrogens (tertiary/aromatic N) is 2. The van der Waals surface area contributed by atoms with E-state index in [4.69, 9.17) is 5.73 Å². The molecular weight excluding hydrogens is 290 g/mol. The highest BCUT2D eigenvalue weighted by atomic mass is 79.9. The van der Waals surface area contributed by atoms with Crippen LogP contribution in [0.4, 0.5) is 5.69 Å². The molecule has 1 heterocycles. The molecule has 1 aromatic carbocycles. The van der Waals surface area contributed by atoms with E-state index in [2.05, 4.69) is 57.0 Å². The lowest BCUT2D eigenvalue weighted by molar-refractivity contribution is 0.452. The third kappa shape index (κ3) is 1.83. The molecule has 18 heavy (non-hydrogen) atoms. The van der Waals surface area contributed by atoms with Gasteiger partial charge in [0.25, 0.3) is 0 Å². The molecular formula is C14H18BrN3. The van der Waals surface area contributed by atoms with Crippen LogP contribution in [0, 0.1) is 5.92 Å². The molecule has 0 bridgehead atoms. The van der Waals surface area contributed by atoms with E-state index in [9.17, 15) is 0 Å². The van der Waals surface area contributed by atoms with Gasteiger partial charge in [0.2, 0.25) is 0 Å². The summed E-state index contributed by atoms with van der Waals surface area (Å²) in [4.78, 5) is 6.75. The fourth-order valence-electron chi connectivity index (χ4n) is 3.32. The fraction of sp³-hybridized carbons (Fsp3) is 0.500. The molecule has 3 nitrogen and oxygen atoms in total. The first-order valence-corrected chi connectivity index (χ1v) is 7.26. The average molecular weight is 308 g/mol. The first-order chi connectivity index (χ1) is 8.61. The van der Waals surface area contributed by atoms with Gasteiger partial charge in [-0.3, -0.25) is 4.99 Å². The molecule has 1 spiro atoms. The van der Waals surface area contributed by atoms with Crippen LogP contribution in [0.2, 0.25) is 0 Å². The normalized spacial score (nSPS) is 31.1. The van der Waals surface area contributed by atoms with E-state index in [1.165, 1.54) is 19.3 Å². The second-order valence-corrected chi connectivity index (χ2v) is 6.47. The number of benzene rings is 1. The van der Waals surface area contributed by atoms with Gasteiger partial charge in [0.1, 0.15) is 0 Å². The summed E-state index contributed by atoms with van der Waals surface area (Å²) in [6.45, 7) is 3.17. The maximum atomic E-state index is 6.11. The molecule has 1 aromatic rings. The van der Waals surface area contributed by atoms with Crippen molar-refractivity contribution in [3.05, 3.63) is 28.7 Å². The minimum absolute atomic E-state index is 0.136. The van der Waals surface area contributed by atoms with Crippen molar-refractivity contribution in [3.8, 4) is 0 Å². The number of hydrogen-bond donors (Lipinski definition) is 1. The summed E-state index contributed by atoms with van der Waals surface area (Å²) < 4.78 is 1.09. The highest BCUT2D eigenvalue weighted by Crippen LogP contribution is 2.43. The zero-order chi connectivity index (χ0) is 12.8. The SMILES string of the molecule is CC1CCC2(CN=C(N)N2c2ccc(Br)cc2)C1. The van der Waals surface area contributed by atoms with Crippen molar-refractivity contribution < 1.29 is 0 Å². The van der Waals surface area contributed by atoms with E-state index in [1.54, 1.807) is 0 Å². The van der Waals surface area contributed by atoms with Crippen molar-refractivity contribution in [2.75, 3.05) is 11.4 Å². The van der Waals surface area contributed by atoms with Gasteiger partial charge >= 0.3 is 0 Å². The van der Waals surface area contributed by atoms with Crippen molar-refractivity contribution in [1.82, 2.24) is 0 Å². The number of halogens is 1. The molecule has 2 aliphatic rings. The van der Waals surface area contributed by atoms with E-state index in [0.29, 0.717) is 5.96 Å². The Hall–Kier alpha value is -1.03. The first kappa shape index (κ1) is 12.0. The van der Waals surface area contributed by atoms with E-state index in [1.807, 2.05) is 0 Å². The van der Waals surface area contributed by atoms with Gasteiger partial charge in [-0.1, -0.05) is 22.9 Å². The van der Waals surface area contributed by atoms with Gasteiger partial charge in [0, 0.05) is 10.2 Å². The van der Waals surface area contributed by atoms with Crippen LogP contribution in [0.3, 0.4) is 0 Å². The fourth-order valence-corrected chi connectivity index (χ4v) is 3.59. The van der Waals surface area contributed by atoms with Crippen LogP contribution in [0.5, 0.6) is 0 Å². The van der Waals surface area contributed by atoms with E-state index < -0.39 is 0 Å². The van der Waals surface area contributed by atoms with Gasteiger partial charge < -0.3 is 10.6 Å². The summed E-state index contributed by atoms with van der Waals surface area (Å²) >= 11 is 3.47. The molecule has 96 valence electrons. The largest absolute Gasteiger partial charge is 0.369 e. The molecule has 1 saturated carbocycles. The van der Waals surface area contributed by atoms with E-state index in [0.717, 1.165) is 22.6 Å². The smallest absolute Gasteiger partial charge is 0.196 e. The molecule has 2 unspecified atom stereocenters. The highest BCUT2D eigenvalue weighted by molar-refractivity contribution is 9.10. The van der Waals surface area contributed by atoms with Gasteiger partial charge in [0.05, 0.1) is 12.1 Å². The predicted octanol–water partition coefficient (Wildman–Crippen LogP) is 3.14. The van der Waals surface area contributed by atoms with Crippen LogP contribution in [0.15, 0.2) is 33.7 Å². The summed E-state index contributed by atoms with van der Waals surface area (Å²) in [7, 11) is 0. The molecule has 1 aliphatic heterocycles. The second kappa shape index (κ2) is 4.26. The maximum absolute atomic E-state index is 6.11. The Kier molecular flexibility index (Phi) is 2.85. The first-order valence-electron chi connectivity index (χ1n) is 6.46. The standard InChI is InChI=1S/C14H18BrN3/c1-10-6-7-14(8-10)9-17-13(16)18(14)12-4-2-11(15)3-5-12/h2-5,10H,6-9H2,1H3,(H2,16,17). The lowest BCUT2D eigenvalue weighted by atomic mass is 9.94. The number of anilines is 1. The molecule has 0 amide bonds. The number of nitrogens with two attached hydrogens (primary N) is 1. The van der Waals surface area contributed by atoms with Crippen LogP contribution in [0.25, 0.3) is 0 Å². The second-order valence-electron chi connectivity index (χ2n) is 5.56. The lowest BCUT2D eigenvalue weighted by Crippen LogP contribution is -2.50. The van der Waals surface area contributed by atoms with Crippen LogP contribution < -0.4 is 10.6 Å². The van der Waals surface area contributed by atoms with E-state index in [-0.39, 0.29) is 5.54 Å². The van der Waals surface area contributed by atoms with Gasteiger partial charge in [-0.2, -0.15) is 0 Å². The van der Waals surface area contributed by atoms with Crippen LogP contribution in [0.1, 0.15) is 26.2 Å². The zero-order valence-electron chi connectivity index (χ0n) is 10.6.